The maximum absolute atomic E-state index is 10.8. The van der Waals surface area contributed by atoms with Gasteiger partial charge in [-0.25, -0.2) is 0 Å². The van der Waals surface area contributed by atoms with Crippen LogP contribution in [0.25, 0.3) is 0 Å². The van der Waals surface area contributed by atoms with Gasteiger partial charge < -0.3 is 10.1 Å². The molecule has 118 valence electrons. The average molecular weight is 294 g/mol. The van der Waals surface area contributed by atoms with Crippen molar-refractivity contribution < 1.29 is 9.66 Å². The summed E-state index contributed by atoms with van der Waals surface area (Å²) in [5, 5.41) is 14.0. The number of methoxy groups -OCH3 is 1. The highest BCUT2D eigenvalue weighted by Gasteiger charge is 2.14. The molecule has 1 unspecified atom stereocenters. The van der Waals surface area contributed by atoms with Crippen LogP contribution in [0.2, 0.25) is 0 Å². The molecule has 0 aliphatic heterocycles. The zero-order valence-corrected chi connectivity index (χ0v) is 13.0. The van der Waals surface area contributed by atoms with Crippen LogP contribution in [0.5, 0.6) is 5.75 Å². The fraction of sp³-hybridized carbons (Fsp3) is 0.625. The number of nitrogens with one attached hydrogen (secondary N) is 1. The number of hydrogen-bond acceptors (Lipinski definition) is 4. The third-order valence-electron chi connectivity index (χ3n) is 3.49. The highest BCUT2D eigenvalue weighted by Crippen LogP contribution is 2.17. The summed E-state index contributed by atoms with van der Waals surface area (Å²) in [6.07, 6.45) is 6.67. The van der Waals surface area contributed by atoms with Crippen LogP contribution >= 0.6 is 0 Å². The second-order valence-electron chi connectivity index (χ2n) is 5.29. The smallest absolute Gasteiger partial charge is 0.223 e. The molecule has 0 aromatic heterocycles. The third-order valence-corrected chi connectivity index (χ3v) is 3.49. The van der Waals surface area contributed by atoms with Gasteiger partial charge in [-0.1, -0.05) is 39.0 Å². The van der Waals surface area contributed by atoms with Crippen molar-refractivity contribution in [2.75, 3.05) is 19.0 Å². The van der Waals surface area contributed by atoms with E-state index < -0.39 is 0 Å². The van der Waals surface area contributed by atoms with Crippen molar-refractivity contribution in [2.45, 2.75) is 51.5 Å². The fourth-order valence-electron chi connectivity index (χ4n) is 2.31. The van der Waals surface area contributed by atoms with Crippen molar-refractivity contribution in [2.24, 2.45) is 0 Å². The van der Waals surface area contributed by atoms with E-state index in [1.54, 1.807) is 7.11 Å². The summed E-state index contributed by atoms with van der Waals surface area (Å²) in [6.45, 7) is 2.14. The van der Waals surface area contributed by atoms with E-state index >= 15 is 0 Å². The molecule has 0 saturated heterocycles. The third kappa shape index (κ3) is 7.54. The molecular weight excluding hydrogens is 268 g/mol. The van der Waals surface area contributed by atoms with Gasteiger partial charge in [-0.2, -0.15) is 0 Å². The second-order valence-corrected chi connectivity index (χ2v) is 5.29. The molecule has 1 N–H and O–H groups in total. The molecule has 0 aliphatic rings. The minimum atomic E-state index is -0.243. The van der Waals surface area contributed by atoms with Gasteiger partial charge in [0.1, 0.15) is 5.75 Å². The Morgan fingerprint density at radius 2 is 1.86 bits per heavy atom. The van der Waals surface area contributed by atoms with Crippen molar-refractivity contribution in [3.63, 3.8) is 0 Å². The first kappa shape index (κ1) is 17.3. The lowest BCUT2D eigenvalue weighted by Crippen LogP contribution is -2.28. The normalized spacial score (nSPS) is 11.9. The summed E-state index contributed by atoms with van der Waals surface area (Å²) < 4.78 is 5.11. The highest BCUT2D eigenvalue weighted by atomic mass is 16.6. The minimum absolute atomic E-state index is 0.0419. The first-order valence-electron chi connectivity index (χ1n) is 7.68. The van der Waals surface area contributed by atoms with Crippen molar-refractivity contribution >= 4 is 5.69 Å². The second kappa shape index (κ2) is 10.0. The Morgan fingerprint density at radius 3 is 2.43 bits per heavy atom. The van der Waals surface area contributed by atoms with Gasteiger partial charge in [-0.3, -0.25) is 10.1 Å². The summed E-state index contributed by atoms with van der Waals surface area (Å²) >= 11 is 0. The number of rotatable bonds is 11. The van der Waals surface area contributed by atoms with Gasteiger partial charge in [-0.05, 0) is 30.7 Å². The molecule has 1 aromatic carbocycles. The molecule has 0 fully saturated rings. The number of anilines is 1. The molecule has 0 saturated carbocycles. The van der Waals surface area contributed by atoms with Gasteiger partial charge in [-0.15, -0.1) is 0 Å². The molecule has 0 radical (unpaired) electrons. The van der Waals surface area contributed by atoms with Crippen LogP contribution in [0.15, 0.2) is 24.3 Å². The van der Waals surface area contributed by atoms with Crippen molar-refractivity contribution in [1.29, 1.82) is 0 Å². The van der Waals surface area contributed by atoms with Gasteiger partial charge in [0.15, 0.2) is 0 Å². The Kier molecular flexibility index (Phi) is 8.24. The zero-order valence-electron chi connectivity index (χ0n) is 13.0. The van der Waals surface area contributed by atoms with E-state index in [2.05, 4.69) is 12.2 Å². The summed E-state index contributed by atoms with van der Waals surface area (Å²) in [5.74, 6) is 0.783. The molecule has 5 heteroatoms. The van der Waals surface area contributed by atoms with E-state index in [-0.39, 0.29) is 17.5 Å². The van der Waals surface area contributed by atoms with Crippen LogP contribution in [0, 0.1) is 10.1 Å². The standard InChI is InChI=1S/C16H26N2O3/c1-3-4-5-6-7-8-15(13-18(19)20)17-14-9-11-16(21-2)12-10-14/h9-12,15,17H,3-8,13H2,1-2H3. The molecule has 0 aliphatic carbocycles. The van der Waals surface area contributed by atoms with E-state index in [0.29, 0.717) is 0 Å². The number of unbranched alkanes of at least 4 members (excludes halogenated alkanes) is 4. The Bertz CT molecular complexity index is 406. The van der Waals surface area contributed by atoms with Crippen LogP contribution in [0.1, 0.15) is 45.4 Å². The summed E-state index contributed by atoms with van der Waals surface area (Å²) in [4.78, 5) is 10.5. The van der Waals surface area contributed by atoms with Gasteiger partial charge in [0.25, 0.3) is 0 Å². The number of hydrogen-bond donors (Lipinski definition) is 1. The Labute approximate surface area is 126 Å². The number of ether oxygens (including phenoxy) is 1. The number of nitro groups is 1. The lowest BCUT2D eigenvalue weighted by atomic mass is 10.1. The van der Waals surface area contributed by atoms with Crippen LogP contribution in [-0.4, -0.2) is 24.6 Å². The van der Waals surface area contributed by atoms with Crippen LogP contribution < -0.4 is 10.1 Å². The zero-order chi connectivity index (χ0) is 15.5. The topological polar surface area (TPSA) is 64.4 Å². The van der Waals surface area contributed by atoms with Gasteiger partial charge in [0, 0.05) is 10.6 Å². The Balaban J connectivity index is 2.45. The quantitative estimate of drug-likeness (QED) is 0.379. The molecule has 1 rings (SSSR count). The highest BCUT2D eigenvalue weighted by molar-refractivity contribution is 5.47. The monoisotopic (exact) mass is 294 g/mol. The maximum Gasteiger partial charge on any atom is 0.223 e. The van der Waals surface area contributed by atoms with Crippen LogP contribution in [0.4, 0.5) is 5.69 Å². The Morgan fingerprint density at radius 1 is 1.19 bits per heavy atom. The average Bonchev–Trinajstić information content (AvgIpc) is 2.47. The van der Waals surface area contributed by atoms with Gasteiger partial charge in [0.2, 0.25) is 6.54 Å². The van der Waals surface area contributed by atoms with E-state index in [1.165, 1.54) is 19.3 Å². The van der Waals surface area contributed by atoms with E-state index in [1.807, 2.05) is 24.3 Å². The van der Waals surface area contributed by atoms with Crippen molar-refractivity contribution in [3.05, 3.63) is 34.4 Å². The summed E-state index contributed by atoms with van der Waals surface area (Å²) in [6, 6.07) is 7.38. The molecule has 0 amide bonds. The molecule has 21 heavy (non-hydrogen) atoms. The van der Waals surface area contributed by atoms with Gasteiger partial charge >= 0.3 is 0 Å². The lowest BCUT2D eigenvalue weighted by Gasteiger charge is -2.16. The predicted molar refractivity (Wildman–Crippen MR) is 85.6 cm³/mol. The van der Waals surface area contributed by atoms with E-state index in [4.69, 9.17) is 4.74 Å². The maximum atomic E-state index is 10.8. The van der Waals surface area contributed by atoms with Crippen molar-refractivity contribution in [3.8, 4) is 5.75 Å². The first-order valence-corrected chi connectivity index (χ1v) is 7.68. The number of nitrogens with zero attached hydrogens (tertiary/aromatic N) is 1. The van der Waals surface area contributed by atoms with E-state index in [0.717, 1.165) is 30.7 Å². The largest absolute Gasteiger partial charge is 0.497 e. The molecule has 0 bridgehead atoms. The van der Waals surface area contributed by atoms with Crippen LogP contribution in [-0.2, 0) is 0 Å². The molecule has 5 nitrogen and oxygen atoms in total. The summed E-state index contributed by atoms with van der Waals surface area (Å²) in [5.41, 5.74) is 0.899. The van der Waals surface area contributed by atoms with Crippen molar-refractivity contribution in [1.82, 2.24) is 0 Å². The lowest BCUT2D eigenvalue weighted by molar-refractivity contribution is -0.481. The fourth-order valence-corrected chi connectivity index (χ4v) is 2.31. The SMILES string of the molecule is CCCCCCCC(C[N+](=O)[O-])Nc1ccc(OC)cc1. The molecule has 1 atom stereocenters. The molecule has 1 aromatic rings. The van der Waals surface area contributed by atoms with E-state index in [9.17, 15) is 10.1 Å². The molecular formula is C16H26N2O3. The first-order chi connectivity index (χ1) is 10.2. The van der Waals surface area contributed by atoms with Crippen LogP contribution in [0.3, 0.4) is 0 Å². The molecule has 0 spiro atoms. The number of benzene rings is 1. The predicted octanol–water partition coefficient (Wildman–Crippen LogP) is 4.11. The molecule has 0 heterocycles. The minimum Gasteiger partial charge on any atom is -0.497 e. The summed E-state index contributed by atoms with van der Waals surface area (Å²) in [7, 11) is 1.62. The van der Waals surface area contributed by atoms with Gasteiger partial charge in [0.05, 0.1) is 13.2 Å². The Hall–Kier alpha value is -1.78.